The SMILES string of the molecule is Cc1cc(-c2cncnc2)cc(C2CCN(Cc3ccnc4ccccc34)CC2)n1. The minimum atomic E-state index is 0.499. The van der Waals surface area contributed by atoms with Gasteiger partial charge in [0.1, 0.15) is 6.33 Å². The first-order valence-corrected chi connectivity index (χ1v) is 10.6. The highest BCUT2D eigenvalue weighted by Gasteiger charge is 2.23. The predicted molar refractivity (Wildman–Crippen MR) is 119 cm³/mol. The fourth-order valence-corrected chi connectivity index (χ4v) is 4.44. The molecule has 0 N–H and O–H groups in total. The van der Waals surface area contributed by atoms with Crippen LogP contribution in [-0.4, -0.2) is 37.9 Å². The summed E-state index contributed by atoms with van der Waals surface area (Å²) in [4.78, 5) is 20.2. The molecular formula is C25H25N5. The van der Waals surface area contributed by atoms with Crippen molar-refractivity contribution in [1.82, 2.24) is 24.8 Å². The third-order valence-corrected chi connectivity index (χ3v) is 6.01. The molecule has 5 nitrogen and oxygen atoms in total. The van der Waals surface area contributed by atoms with Crippen molar-refractivity contribution in [1.29, 1.82) is 0 Å². The van der Waals surface area contributed by atoms with Gasteiger partial charge in [0.25, 0.3) is 0 Å². The van der Waals surface area contributed by atoms with Crippen molar-refractivity contribution in [3.05, 3.63) is 84.3 Å². The van der Waals surface area contributed by atoms with Crippen molar-refractivity contribution in [2.75, 3.05) is 13.1 Å². The van der Waals surface area contributed by atoms with Crippen LogP contribution in [0.2, 0.25) is 0 Å². The lowest BCUT2D eigenvalue weighted by atomic mass is 9.91. The molecular weight excluding hydrogens is 370 g/mol. The summed E-state index contributed by atoms with van der Waals surface area (Å²) in [6, 6.07) is 14.9. The maximum Gasteiger partial charge on any atom is 0.115 e. The molecule has 0 bridgehead atoms. The number of pyridine rings is 2. The summed E-state index contributed by atoms with van der Waals surface area (Å²) in [5.74, 6) is 0.499. The molecule has 0 radical (unpaired) electrons. The Labute approximate surface area is 176 Å². The highest BCUT2D eigenvalue weighted by atomic mass is 15.1. The topological polar surface area (TPSA) is 54.8 Å². The van der Waals surface area contributed by atoms with Crippen LogP contribution in [0.3, 0.4) is 0 Å². The van der Waals surface area contributed by atoms with Gasteiger partial charge in [0, 0.05) is 53.4 Å². The van der Waals surface area contributed by atoms with Crippen LogP contribution in [0.15, 0.2) is 67.4 Å². The number of hydrogen-bond donors (Lipinski definition) is 0. The number of nitrogens with zero attached hydrogens (tertiary/aromatic N) is 5. The van der Waals surface area contributed by atoms with E-state index in [0.717, 1.165) is 54.8 Å². The minimum absolute atomic E-state index is 0.499. The van der Waals surface area contributed by atoms with E-state index in [1.54, 1.807) is 6.33 Å². The van der Waals surface area contributed by atoms with Crippen molar-refractivity contribution >= 4 is 10.9 Å². The monoisotopic (exact) mass is 395 g/mol. The first kappa shape index (κ1) is 18.8. The number of piperidine rings is 1. The second-order valence-electron chi connectivity index (χ2n) is 8.09. The number of aryl methyl sites for hydroxylation is 1. The standard InChI is InChI=1S/C25H25N5/c1-18-12-21(22-14-26-17-27-15-22)13-25(29-18)19-7-10-30(11-8-19)16-20-6-9-28-24-5-3-2-4-23(20)24/h2-6,9,12-15,17,19H,7-8,10-11,16H2,1H3. The maximum absolute atomic E-state index is 4.87. The van der Waals surface area contributed by atoms with Gasteiger partial charge < -0.3 is 0 Å². The lowest BCUT2D eigenvalue weighted by Crippen LogP contribution is -2.32. The molecule has 1 aliphatic heterocycles. The van der Waals surface area contributed by atoms with Gasteiger partial charge in [0.2, 0.25) is 0 Å². The van der Waals surface area contributed by atoms with E-state index in [0.29, 0.717) is 5.92 Å². The Kier molecular flexibility index (Phi) is 5.20. The van der Waals surface area contributed by atoms with Crippen LogP contribution >= 0.6 is 0 Å². The lowest BCUT2D eigenvalue weighted by molar-refractivity contribution is 0.204. The fraction of sp³-hybridized carbons (Fsp3) is 0.280. The van der Waals surface area contributed by atoms with Gasteiger partial charge in [0.05, 0.1) is 5.52 Å². The highest BCUT2D eigenvalue weighted by Crippen LogP contribution is 2.31. The van der Waals surface area contributed by atoms with E-state index in [1.807, 2.05) is 18.6 Å². The molecule has 0 amide bonds. The number of para-hydroxylation sites is 1. The number of aromatic nitrogens is 4. The van der Waals surface area contributed by atoms with Gasteiger partial charge in [-0.25, -0.2) is 9.97 Å². The van der Waals surface area contributed by atoms with Crippen molar-refractivity contribution in [3.8, 4) is 11.1 Å². The second kappa shape index (κ2) is 8.28. The molecule has 4 heterocycles. The fourth-order valence-electron chi connectivity index (χ4n) is 4.44. The maximum atomic E-state index is 4.87. The first-order chi connectivity index (χ1) is 14.8. The van der Waals surface area contributed by atoms with E-state index in [4.69, 9.17) is 4.98 Å². The highest BCUT2D eigenvalue weighted by molar-refractivity contribution is 5.81. The number of likely N-dealkylation sites (tertiary alicyclic amines) is 1. The molecule has 1 aromatic carbocycles. The van der Waals surface area contributed by atoms with Gasteiger partial charge in [-0.1, -0.05) is 18.2 Å². The summed E-state index contributed by atoms with van der Waals surface area (Å²) in [6.45, 7) is 5.21. The number of benzene rings is 1. The van der Waals surface area contributed by atoms with Gasteiger partial charge in [-0.3, -0.25) is 14.9 Å². The van der Waals surface area contributed by atoms with E-state index in [9.17, 15) is 0 Å². The average molecular weight is 396 g/mol. The normalized spacial score (nSPS) is 15.5. The van der Waals surface area contributed by atoms with Crippen molar-refractivity contribution < 1.29 is 0 Å². The molecule has 0 atom stereocenters. The van der Waals surface area contributed by atoms with Gasteiger partial charge in [-0.15, -0.1) is 0 Å². The molecule has 5 heteroatoms. The molecule has 0 unspecified atom stereocenters. The summed E-state index contributed by atoms with van der Waals surface area (Å²) in [5.41, 5.74) is 6.89. The zero-order valence-corrected chi connectivity index (χ0v) is 17.2. The van der Waals surface area contributed by atoms with E-state index in [2.05, 4.69) is 69.2 Å². The Morgan fingerprint density at radius 2 is 1.77 bits per heavy atom. The van der Waals surface area contributed by atoms with Gasteiger partial charge in [-0.2, -0.15) is 0 Å². The molecule has 0 saturated carbocycles. The zero-order chi connectivity index (χ0) is 20.3. The number of rotatable bonds is 4. The van der Waals surface area contributed by atoms with E-state index in [-0.39, 0.29) is 0 Å². The molecule has 1 saturated heterocycles. The van der Waals surface area contributed by atoms with Crippen LogP contribution in [0.5, 0.6) is 0 Å². The van der Waals surface area contributed by atoms with E-state index >= 15 is 0 Å². The Balaban J connectivity index is 1.30. The molecule has 0 aliphatic carbocycles. The van der Waals surface area contributed by atoms with Crippen molar-refractivity contribution in [2.24, 2.45) is 0 Å². The Morgan fingerprint density at radius 1 is 0.967 bits per heavy atom. The summed E-state index contributed by atoms with van der Waals surface area (Å²) >= 11 is 0. The predicted octanol–water partition coefficient (Wildman–Crippen LogP) is 4.77. The second-order valence-corrected chi connectivity index (χ2v) is 8.09. The number of hydrogen-bond acceptors (Lipinski definition) is 5. The molecule has 3 aromatic heterocycles. The zero-order valence-electron chi connectivity index (χ0n) is 17.2. The summed E-state index contributed by atoms with van der Waals surface area (Å²) in [6.07, 6.45) is 9.49. The molecule has 150 valence electrons. The summed E-state index contributed by atoms with van der Waals surface area (Å²) in [5, 5.41) is 1.26. The number of fused-ring (bicyclic) bond motifs is 1. The smallest absolute Gasteiger partial charge is 0.115 e. The Hall–Kier alpha value is -3.18. The molecule has 4 aromatic rings. The molecule has 1 fully saturated rings. The quantitative estimate of drug-likeness (QED) is 0.498. The van der Waals surface area contributed by atoms with Gasteiger partial charge in [-0.05, 0) is 68.2 Å². The summed E-state index contributed by atoms with van der Waals surface area (Å²) < 4.78 is 0. The molecule has 0 spiro atoms. The Morgan fingerprint density at radius 3 is 2.60 bits per heavy atom. The Bertz CT molecular complexity index is 1150. The van der Waals surface area contributed by atoms with Crippen LogP contribution in [-0.2, 0) is 6.54 Å². The molecule has 5 rings (SSSR count). The lowest BCUT2D eigenvalue weighted by Gasteiger charge is -2.32. The third kappa shape index (κ3) is 3.94. The molecule has 30 heavy (non-hydrogen) atoms. The molecule has 1 aliphatic rings. The van der Waals surface area contributed by atoms with Crippen LogP contribution in [0, 0.1) is 6.92 Å². The minimum Gasteiger partial charge on any atom is -0.299 e. The average Bonchev–Trinajstić information content (AvgIpc) is 2.80. The summed E-state index contributed by atoms with van der Waals surface area (Å²) in [7, 11) is 0. The first-order valence-electron chi connectivity index (χ1n) is 10.6. The van der Waals surface area contributed by atoms with E-state index in [1.165, 1.54) is 16.6 Å². The van der Waals surface area contributed by atoms with Gasteiger partial charge in [0.15, 0.2) is 0 Å². The largest absolute Gasteiger partial charge is 0.299 e. The van der Waals surface area contributed by atoms with Gasteiger partial charge >= 0.3 is 0 Å². The van der Waals surface area contributed by atoms with Crippen molar-refractivity contribution in [3.63, 3.8) is 0 Å². The van der Waals surface area contributed by atoms with Crippen LogP contribution in [0.4, 0.5) is 0 Å². The van der Waals surface area contributed by atoms with Crippen LogP contribution in [0.1, 0.15) is 35.7 Å². The van der Waals surface area contributed by atoms with E-state index < -0.39 is 0 Å². The van der Waals surface area contributed by atoms with Crippen LogP contribution < -0.4 is 0 Å². The third-order valence-electron chi connectivity index (χ3n) is 6.01. The van der Waals surface area contributed by atoms with Crippen molar-refractivity contribution in [2.45, 2.75) is 32.2 Å². The van der Waals surface area contributed by atoms with Crippen LogP contribution in [0.25, 0.3) is 22.0 Å².